The fourth-order valence-electron chi connectivity index (χ4n) is 2.17. The smallest absolute Gasteiger partial charge is 0.412 e. The molecule has 0 aliphatic heterocycles. The SMILES string of the molecule is CC(=O)c1cn(C2(C)CC2)c(=O)cc1NC(=O)OC(C)(C)C. The highest BCUT2D eigenvalue weighted by Gasteiger charge is 2.40. The van der Waals surface area contributed by atoms with Crippen LogP contribution in [0.2, 0.25) is 0 Å². The highest BCUT2D eigenvalue weighted by atomic mass is 16.6. The second-order valence-electron chi connectivity index (χ2n) is 6.99. The third-order valence-corrected chi connectivity index (χ3v) is 3.62. The van der Waals surface area contributed by atoms with Crippen molar-refractivity contribution in [2.24, 2.45) is 0 Å². The van der Waals surface area contributed by atoms with Crippen molar-refractivity contribution >= 4 is 17.6 Å². The fraction of sp³-hybridized carbons (Fsp3) is 0.562. The van der Waals surface area contributed by atoms with Gasteiger partial charge in [-0.1, -0.05) is 0 Å². The second-order valence-corrected chi connectivity index (χ2v) is 6.99. The van der Waals surface area contributed by atoms with Gasteiger partial charge in [0.1, 0.15) is 5.60 Å². The van der Waals surface area contributed by atoms with Crippen molar-refractivity contribution in [3.8, 4) is 0 Å². The van der Waals surface area contributed by atoms with Gasteiger partial charge in [0.15, 0.2) is 5.78 Å². The number of rotatable bonds is 3. The molecule has 1 heterocycles. The van der Waals surface area contributed by atoms with Crippen molar-refractivity contribution in [3.05, 3.63) is 28.2 Å². The van der Waals surface area contributed by atoms with Crippen molar-refractivity contribution in [2.45, 2.75) is 58.6 Å². The molecule has 6 nitrogen and oxygen atoms in total. The standard InChI is InChI=1S/C16H22N2O4/c1-10(19)11-9-18(16(5)6-7-16)13(20)8-12(11)17-14(21)22-15(2,3)4/h8-9H,6-7H2,1-5H3,(H,17,21). The van der Waals surface area contributed by atoms with Crippen LogP contribution in [0.3, 0.4) is 0 Å². The molecule has 1 aromatic rings. The molecule has 0 bridgehead atoms. The van der Waals surface area contributed by atoms with Gasteiger partial charge in [0.25, 0.3) is 5.56 Å². The van der Waals surface area contributed by atoms with E-state index in [-0.39, 0.29) is 22.6 Å². The first-order chi connectivity index (χ1) is 10.0. The number of carbonyl (C=O) groups excluding carboxylic acids is 2. The number of pyridine rings is 1. The van der Waals surface area contributed by atoms with Crippen LogP contribution in [0.1, 0.15) is 57.8 Å². The summed E-state index contributed by atoms with van der Waals surface area (Å²) in [7, 11) is 0. The maximum absolute atomic E-state index is 12.2. The fourth-order valence-corrected chi connectivity index (χ4v) is 2.17. The monoisotopic (exact) mass is 306 g/mol. The van der Waals surface area contributed by atoms with Crippen LogP contribution in [0.25, 0.3) is 0 Å². The number of aromatic nitrogens is 1. The Bertz CT molecular complexity index is 678. The highest BCUT2D eigenvalue weighted by Crippen LogP contribution is 2.42. The number of Topliss-reactive ketones (excluding diaryl/α,β-unsaturated/α-hetero) is 1. The zero-order valence-electron chi connectivity index (χ0n) is 13.6. The lowest BCUT2D eigenvalue weighted by atomic mass is 10.1. The number of nitrogens with one attached hydrogen (secondary N) is 1. The zero-order valence-corrected chi connectivity index (χ0v) is 13.6. The molecule has 1 aliphatic rings. The lowest BCUT2D eigenvalue weighted by Gasteiger charge is -2.21. The molecule has 0 radical (unpaired) electrons. The van der Waals surface area contributed by atoms with E-state index in [2.05, 4.69) is 5.32 Å². The number of ketones is 1. The topological polar surface area (TPSA) is 77.4 Å². The lowest BCUT2D eigenvalue weighted by Crippen LogP contribution is -2.31. The van der Waals surface area contributed by atoms with E-state index < -0.39 is 11.7 Å². The van der Waals surface area contributed by atoms with E-state index in [1.807, 2.05) is 6.92 Å². The van der Waals surface area contributed by atoms with E-state index in [9.17, 15) is 14.4 Å². The normalized spacial score (nSPS) is 16.0. The summed E-state index contributed by atoms with van der Waals surface area (Å²) in [5.41, 5.74) is -0.621. The Labute approximate surface area is 129 Å². The number of hydrogen-bond acceptors (Lipinski definition) is 4. The van der Waals surface area contributed by atoms with Gasteiger partial charge in [-0.05, 0) is 47.5 Å². The summed E-state index contributed by atoms with van der Waals surface area (Å²) in [4.78, 5) is 35.9. The molecule has 1 amide bonds. The molecule has 120 valence electrons. The molecule has 22 heavy (non-hydrogen) atoms. The number of hydrogen-bond donors (Lipinski definition) is 1. The van der Waals surface area contributed by atoms with Gasteiger partial charge in [0.2, 0.25) is 0 Å². The third-order valence-electron chi connectivity index (χ3n) is 3.62. The molecule has 0 atom stereocenters. The predicted molar refractivity (Wildman–Crippen MR) is 83.4 cm³/mol. The third kappa shape index (κ3) is 3.55. The number of amides is 1. The molecule has 1 saturated carbocycles. The highest BCUT2D eigenvalue weighted by molar-refractivity contribution is 6.02. The van der Waals surface area contributed by atoms with E-state index in [0.29, 0.717) is 5.56 Å². The number of ether oxygens (including phenoxy) is 1. The summed E-state index contributed by atoms with van der Waals surface area (Å²) < 4.78 is 6.73. The summed E-state index contributed by atoms with van der Waals surface area (Å²) in [6, 6.07) is 1.28. The van der Waals surface area contributed by atoms with E-state index >= 15 is 0 Å². The van der Waals surface area contributed by atoms with Crippen LogP contribution in [-0.2, 0) is 10.3 Å². The van der Waals surface area contributed by atoms with E-state index in [1.54, 1.807) is 25.3 Å². The summed E-state index contributed by atoms with van der Waals surface area (Å²) in [5, 5.41) is 2.49. The molecule has 0 aromatic carbocycles. The molecule has 0 unspecified atom stereocenters. The maximum atomic E-state index is 12.2. The van der Waals surface area contributed by atoms with Gasteiger partial charge in [-0.15, -0.1) is 0 Å². The van der Waals surface area contributed by atoms with Crippen LogP contribution in [0.15, 0.2) is 17.1 Å². The van der Waals surface area contributed by atoms with Crippen molar-refractivity contribution in [2.75, 3.05) is 5.32 Å². The first-order valence-corrected chi connectivity index (χ1v) is 7.30. The Morgan fingerprint density at radius 3 is 2.36 bits per heavy atom. The van der Waals surface area contributed by atoms with Crippen molar-refractivity contribution < 1.29 is 14.3 Å². The summed E-state index contributed by atoms with van der Waals surface area (Å²) in [5.74, 6) is -0.218. The van der Waals surface area contributed by atoms with E-state index in [0.717, 1.165) is 12.8 Å². The Balaban J connectivity index is 2.35. The number of anilines is 1. The van der Waals surface area contributed by atoms with Gasteiger partial charge in [0, 0.05) is 17.8 Å². The van der Waals surface area contributed by atoms with Crippen LogP contribution in [0.5, 0.6) is 0 Å². The molecule has 1 aromatic heterocycles. The molecule has 0 spiro atoms. The summed E-state index contributed by atoms with van der Waals surface area (Å²) in [6.45, 7) is 8.60. The average Bonchev–Trinajstić information content (AvgIpc) is 3.04. The maximum Gasteiger partial charge on any atom is 0.412 e. The van der Waals surface area contributed by atoms with E-state index in [1.165, 1.54) is 19.2 Å². The van der Waals surface area contributed by atoms with Crippen molar-refractivity contribution in [1.29, 1.82) is 0 Å². The Morgan fingerprint density at radius 1 is 1.32 bits per heavy atom. The summed E-state index contributed by atoms with van der Waals surface area (Å²) >= 11 is 0. The van der Waals surface area contributed by atoms with Gasteiger partial charge in [-0.25, -0.2) is 4.79 Å². The minimum atomic E-state index is -0.690. The van der Waals surface area contributed by atoms with Gasteiger partial charge in [0.05, 0.1) is 11.3 Å². The average molecular weight is 306 g/mol. The molecular formula is C16H22N2O4. The Hall–Kier alpha value is -2.11. The molecule has 6 heteroatoms. The molecule has 1 fully saturated rings. The molecule has 1 N–H and O–H groups in total. The van der Waals surface area contributed by atoms with Crippen LogP contribution in [0.4, 0.5) is 10.5 Å². The summed E-state index contributed by atoms with van der Waals surface area (Å²) in [6.07, 6.45) is 2.65. The van der Waals surface area contributed by atoms with Crippen LogP contribution < -0.4 is 10.9 Å². The largest absolute Gasteiger partial charge is 0.444 e. The van der Waals surface area contributed by atoms with Crippen LogP contribution in [-0.4, -0.2) is 22.0 Å². The van der Waals surface area contributed by atoms with Gasteiger partial charge in [-0.2, -0.15) is 0 Å². The first kappa shape index (κ1) is 16.3. The first-order valence-electron chi connectivity index (χ1n) is 7.30. The van der Waals surface area contributed by atoms with Crippen molar-refractivity contribution in [3.63, 3.8) is 0 Å². The minimum absolute atomic E-state index is 0.187. The predicted octanol–water partition coefficient (Wildman–Crippen LogP) is 2.91. The second kappa shape index (κ2) is 5.26. The Kier molecular flexibility index (Phi) is 3.89. The lowest BCUT2D eigenvalue weighted by molar-refractivity contribution is 0.0636. The molecular weight excluding hydrogens is 284 g/mol. The number of nitrogens with zero attached hydrogens (tertiary/aromatic N) is 1. The molecule has 2 rings (SSSR count). The molecule has 1 aliphatic carbocycles. The van der Waals surface area contributed by atoms with E-state index in [4.69, 9.17) is 4.74 Å². The van der Waals surface area contributed by atoms with Crippen molar-refractivity contribution in [1.82, 2.24) is 4.57 Å². The van der Waals surface area contributed by atoms with Crippen LogP contribution >= 0.6 is 0 Å². The minimum Gasteiger partial charge on any atom is -0.444 e. The Morgan fingerprint density at radius 2 is 1.91 bits per heavy atom. The molecule has 0 saturated heterocycles. The zero-order chi connectivity index (χ0) is 16.7. The van der Waals surface area contributed by atoms with Gasteiger partial charge in [-0.3, -0.25) is 14.9 Å². The van der Waals surface area contributed by atoms with Crippen LogP contribution in [0, 0.1) is 0 Å². The van der Waals surface area contributed by atoms with Gasteiger partial charge >= 0.3 is 6.09 Å². The van der Waals surface area contributed by atoms with Gasteiger partial charge < -0.3 is 9.30 Å². The number of carbonyl (C=O) groups is 2. The quantitative estimate of drug-likeness (QED) is 0.871.